The first kappa shape index (κ1) is 14.5. The Morgan fingerprint density at radius 2 is 2.20 bits per heavy atom. The van der Waals surface area contributed by atoms with Gasteiger partial charge in [0.1, 0.15) is 0 Å². The third kappa shape index (κ3) is 3.36. The fourth-order valence-corrected chi connectivity index (χ4v) is 2.19. The fraction of sp³-hybridized carbons (Fsp3) is 0.353. The second kappa shape index (κ2) is 7.06. The average Bonchev–Trinajstić information content (AvgIpc) is 2.51. The summed E-state index contributed by atoms with van der Waals surface area (Å²) in [6.07, 6.45) is 7.86. The number of aromatic nitrogens is 1. The lowest BCUT2D eigenvalue weighted by Gasteiger charge is -2.07. The van der Waals surface area contributed by atoms with E-state index in [0.29, 0.717) is 11.8 Å². The maximum absolute atomic E-state index is 9.17. The molecule has 0 fully saturated rings. The first-order valence-corrected chi connectivity index (χ1v) is 6.98. The van der Waals surface area contributed by atoms with E-state index >= 15 is 0 Å². The molecular weight excluding hydrogens is 250 g/mol. The molecule has 106 valence electrons. The van der Waals surface area contributed by atoms with Crippen molar-refractivity contribution in [3.05, 3.63) is 42.1 Å². The van der Waals surface area contributed by atoms with Gasteiger partial charge in [-0.2, -0.15) is 0 Å². The lowest BCUT2D eigenvalue weighted by atomic mass is 10.0. The van der Waals surface area contributed by atoms with Crippen LogP contribution in [0.4, 0.5) is 0 Å². The molecule has 1 aromatic heterocycles. The van der Waals surface area contributed by atoms with E-state index in [1.54, 1.807) is 13.3 Å². The van der Waals surface area contributed by atoms with E-state index in [1.165, 1.54) is 0 Å². The molecule has 0 saturated carbocycles. The van der Waals surface area contributed by atoms with Crippen LogP contribution in [-0.4, -0.2) is 23.8 Å². The molecule has 1 aromatic carbocycles. The highest BCUT2D eigenvalue weighted by Gasteiger charge is 2.03. The Morgan fingerprint density at radius 1 is 1.35 bits per heavy atom. The molecule has 0 aliphatic rings. The number of hydrogen-bond acceptors (Lipinski definition) is 3. The van der Waals surface area contributed by atoms with Gasteiger partial charge in [0.05, 0.1) is 7.11 Å². The highest BCUT2D eigenvalue weighted by molar-refractivity contribution is 5.88. The van der Waals surface area contributed by atoms with Crippen LogP contribution < -0.4 is 4.74 Å². The summed E-state index contributed by atoms with van der Waals surface area (Å²) >= 11 is 0. The predicted octanol–water partition coefficient (Wildman–Crippen LogP) is 3.67. The minimum atomic E-state index is 0.246. The molecule has 0 amide bonds. The Hall–Kier alpha value is -1.87. The van der Waals surface area contributed by atoms with E-state index < -0.39 is 0 Å². The van der Waals surface area contributed by atoms with Crippen LogP contribution in [0, 0.1) is 5.92 Å². The van der Waals surface area contributed by atoms with Gasteiger partial charge in [-0.3, -0.25) is 0 Å². The Labute approximate surface area is 119 Å². The number of aliphatic hydroxyl groups excluding tert-OH is 1. The van der Waals surface area contributed by atoms with Crippen LogP contribution in [0.1, 0.15) is 25.3 Å². The van der Waals surface area contributed by atoms with Crippen molar-refractivity contribution in [2.24, 2.45) is 5.92 Å². The smallest absolute Gasteiger partial charge is 0.221 e. The monoisotopic (exact) mass is 271 g/mol. The number of aliphatic hydroxyl groups is 1. The summed E-state index contributed by atoms with van der Waals surface area (Å²) in [6, 6.07) is 8.21. The number of methoxy groups -OCH3 is 1. The van der Waals surface area contributed by atoms with Crippen molar-refractivity contribution < 1.29 is 9.84 Å². The van der Waals surface area contributed by atoms with Crippen molar-refractivity contribution >= 4 is 16.8 Å². The van der Waals surface area contributed by atoms with Crippen molar-refractivity contribution in [2.75, 3.05) is 13.7 Å². The number of fused-ring (bicyclic) bond motifs is 1. The number of pyridine rings is 1. The van der Waals surface area contributed by atoms with E-state index in [4.69, 9.17) is 4.74 Å². The molecule has 2 rings (SSSR count). The van der Waals surface area contributed by atoms with Gasteiger partial charge in [-0.1, -0.05) is 37.6 Å². The number of hydrogen-bond donors (Lipinski definition) is 1. The zero-order chi connectivity index (χ0) is 14.4. The van der Waals surface area contributed by atoms with Crippen LogP contribution in [0.5, 0.6) is 5.88 Å². The molecule has 1 N–H and O–H groups in total. The van der Waals surface area contributed by atoms with Gasteiger partial charge < -0.3 is 9.84 Å². The van der Waals surface area contributed by atoms with Crippen LogP contribution in [-0.2, 0) is 0 Å². The van der Waals surface area contributed by atoms with Crippen molar-refractivity contribution in [3.8, 4) is 5.88 Å². The number of benzene rings is 1. The maximum Gasteiger partial charge on any atom is 0.221 e. The predicted molar refractivity (Wildman–Crippen MR) is 82.8 cm³/mol. The minimum Gasteiger partial charge on any atom is -0.481 e. The quantitative estimate of drug-likeness (QED) is 0.871. The molecule has 3 nitrogen and oxygen atoms in total. The summed E-state index contributed by atoms with van der Waals surface area (Å²) in [5, 5.41) is 11.3. The highest BCUT2D eigenvalue weighted by Crippen LogP contribution is 2.24. The molecule has 20 heavy (non-hydrogen) atoms. The number of nitrogens with zero attached hydrogens (tertiary/aromatic N) is 1. The van der Waals surface area contributed by atoms with E-state index in [2.05, 4.69) is 42.3 Å². The van der Waals surface area contributed by atoms with E-state index in [9.17, 15) is 5.11 Å². The molecule has 1 atom stereocenters. The van der Waals surface area contributed by atoms with Crippen LogP contribution in [0.3, 0.4) is 0 Å². The molecule has 1 heterocycles. The van der Waals surface area contributed by atoms with Gasteiger partial charge in [-0.15, -0.1) is 0 Å². The molecule has 2 aromatic rings. The first-order valence-electron chi connectivity index (χ1n) is 6.98. The fourth-order valence-electron chi connectivity index (χ4n) is 2.19. The van der Waals surface area contributed by atoms with Gasteiger partial charge in [0, 0.05) is 18.2 Å². The zero-order valence-corrected chi connectivity index (χ0v) is 12.0. The summed E-state index contributed by atoms with van der Waals surface area (Å²) in [4.78, 5) is 4.22. The van der Waals surface area contributed by atoms with Gasteiger partial charge in [-0.25, -0.2) is 4.98 Å². The van der Waals surface area contributed by atoms with Crippen LogP contribution in [0.2, 0.25) is 0 Å². The summed E-state index contributed by atoms with van der Waals surface area (Å²) < 4.78 is 5.29. The van der Waals surface area contributed by atoms with Crippen LogP contribution >= 0.6 is 0 Å². The summed E-state index contributed by atoms with van der Waals surface area (Å²) in [5.74, 6) is 1.00. The topological polar surface area (TPSA) is 42.4 Å². The third-order valence-corrected chi connectivity index (χ3v) is 3.56. The van der Waals surface area contributed by atoms with Crippen molar-refractivity contribution in [1.29, 1.82) is 0 Å². The van der Waals surface area contributed by atoms with Gasteiger partial charge in [0.25, 0.3) is 0 Å². The number of allylic oxidation sites excluding steroid dienone is 1. The lowest BCUT2D eigenvalue weighted by molar-refractivity contribution is 0.224. The number of rotatable bonds is 6. The summed E-state index contributed by atoms with van der Waals surface area (Å²) in [6.45, 7) is 2.34. The van der Waals surface area contributed by atoms with E-state index in [0.717, 1.165) is 29.2 Å². The normalized spacial score (nSPS) is 12.9. The largest absolute Gasteiger partial charge is 0.481 e. The maximum atomic E-state index is 9.17. The first-order chi connectivity index (χ1) is 9.78. The third-order valence-electron chi connectivity index (χ3n) is 3.56. The molecular formula is C17H21NO2. The summed E-state index contributed by atoms with van der Waals surface area (Å²) in [7, 11) is 1.64. The van der Waals surface area contributed by atoms with Crippen molar-refractivity contribution in [1.82, 2.24) is 4.98 Å². The Kier molecular flexibility index (Phi) is 5.13. The Bertz CT molecular complexity index is 589. The van der Waals surface area contributed by atoms with Gasteiger partial charge in [0.15, 0.2) is 0 Å². The molecule has 3 heteroatoms. The van der Waals surface area contributed by atoms with Crippen molar-refractivity contribution in [3.63, 3.8) is 0 Å². The average molecular weight is 271 g/mol. The zero-order valence-electron chi connectivity index (χ0n) is 12.0. The second-order valence-electron chi connectivity index (χ2n) is 4.90. The Morgan fingerprint density at radius 3 is 2.90 bits per heavy atom. The minimum absolute atomic E-state index is 0.246. The molecule has 0 saturated heterocycles. The van der Waals surface area contributed by atoms with Crippen LogP contribution in [0.25, 0.3) is 16.8 Å². The van der Waals surface area contributed by atoms with Gasteiger partial charge in [0.2, 0.25) is 5.88 Å². The van der Waals surface area contributed by atoms with Gasteiger partial charge in [-0.05, 0) is 35.4 Å². The number of ether oxygens (including phenoxy) is 1. The summed E-state index contributed by atoms with van der Waals surface area (Å²) in [5.41, 5.74) is 1.12. The lowest BCUT2D eigenvalue weighted by Crippen LogP contribution is -2.02. The Balaban J connectivity index is 2.21. The highest BCUT2D eigenvalue weighted by atomic mass is 16.5. The molecule has 0 radical (unpaired) electrons. The second-order valence-corrected chi connectivity index (χ2v) is 4.90. The molecule has 0 unspecified atom stereocenters. The van der Waals surface area contributed by atoms with Crippen molar-refractivity contribution in [2.45, 2.75) is 19.8 Å². The standard InChI is InChI=1S/C17H21NO2/c1-3-13(12-19)5-4-6-14-7-8-15-9-10-18-17(20-2)16(15)11-14/h4,6-11,13,19H,3,5,12H2,1-2H3/b6-4+/t13-/m1/s1. The van der Waals surface area contributed by atoms with Gasteiger partial charge >= 0.3 is 0 Å². The molecule has 0 aliphatic carbocycles. The van der Waals surface area contributed by atoms with E-state index in [1.807, 2.05) is 6.07 Å². The van der Waals surface area contributed by atoms with Crippen LogP contribution in [0.15, 0.2) is 36.5 Å². The molecule has 0 aliphatic heterocycles. The molecule has 0 spiro atoms. The molecule has 0 bridgehead atoms. The SMILES string of the molecule is CC[C@@H](CO)C/C=C/c1ccc2ccnc(OC)c2c1. The van der Waals surface area contributed by atoms with E-state index in [-0.39, 0.29) is 6.61 Å².